The number of carbonyl (C=O) groups excluding carboxylic acids is 1. The van der Waals surface area contributed by atoms with Crippen molar-refractivity contribution < 1.29 is 9.53 Å². The van der Waals surface area contributed by atoms with E-state index in [0.29, 0.717) is 18.9 Å². The molecule has 0 aliphatic heterocycles. The van der Waals surface area contributed by atoms with Crippen molar-refractivity contribution in [3.63, 3.8) is 0 Å². The van der Waals surface area contributed by atoms with Gasteiger partial charge in [-0.25, -0.2) is 0 Å². The summed E-state index contributed by atoms with van der Waals surface area (Å²) in [5, 5.41) is 2.73. The van der Waals surface area contributed by atoms with Gasteiger partial charge < -0.3 is 10.1 Å². The molecule has 0 saturated carbocycles. The summed E-state index contributed by atoms with van der Waals surface area (Å²) in [4.78, 5) is 11.3. The third-order valence-electron chi connectivity index (χ3n) is 2.26. The Morgan fingerprint density at radius 1 is 1.50 bits per heavy atom. The fourth-order valence-electron chi connectivity index (χ4n) is 1.33. The van der Waals surface area contributed by atoms with Crippen LogP contribution in [0.15, 0.2) is 36.9 Å². The SMILES string of the molecule is C=CCNC(=O)CSCCOc1ccccc1C. The first kappa shape index (κ1) is 14.6. The summed E-state index contributed by atoms with van der Waals surface area (Å²) in [5.74, 6) is 2.21. The monoisotopic (exact) mass is 265 g/mol. The fourth-order valence-corrected chi connectivity index (χ4v) is 1.96. The third kappa shape index (κ3) is 5.77. The average Bonchev–Trinajstić information content (AvgIpc) is 2.38. The van der Waals surface area contributed by atoms with E-state index in [-0.39, 0.29) is 5.91 Å². The van der Waals surface area contributed by atoms with Crippen molar-refractivity contribution in [1.82, 2.24) is 5.32 Å². The van der Waals surface area contributed by atoms with E-state index < -0.39 is 0 Å². The van der Waals surface area contributed by atoms with E-state index in [1.54, 1.807) is 17.8 Å². The van der Waals surface area contributed by atoms with Crippen LogP contribution in [0.4, 0.5) is 0 Å². The van der Waals surface area contributed by atoms with Crippen LogP contribution < -0.4 is 10.1 Å². The number of nitrogens with one attached hydrogen (secondary N) is 1. The van der Waals surface area contributed by atoms with Crippen LogP contribution in [-0.2, 0) is 4.79 Å². The van der Waals surface area contributed by atoms with Gasteiger partial charge in [0.05, 0.1) is 12.4 Å². The highest BCUT2D eigenvalue weighted by molar-refractivity contribution is 7.99. The molecule has 0 heterocycles. The molecule has 1 amide bonds. The van der Waals surface area contributed by atoms with Crippen LogP contribution in [0.2, 0.25) is 0 Å². The van der Waals surface area contributed by atoms with Crippen molar-refractivity contribution in [2.45, 2.75) is 6.92 Å². The van der Waals surface area contributed by atoms with Crippen LogP contribution in [0.5, 0.6) is 5.75 Å². The molecule has 18 heavy (non-hydrogen) atoms. The minimum atomic E-state index is 0.0378. The van der Waals surface area contributed by atoms with Crippen LogP contribution in [0.1, 0.15) is 5.56 Å². The molecule has 1 aromatic carbocycles. The van der Waals surface area contributed by atoms with E-state index in [1.807, 2.05) is 31.2 Å². The third-order valence-corrected chi connectivity index (χ3v) is 3.18. The molecule has 1 N–H and O–H groups in total. The maximum atomic E-state index is 11.3. The molecule has 1 aromatic rings. The Kier molecular flexibility index (Phi) is 7.03. The molecule has 0 radical (unpaired) electrons. The van der Waals surface area contributed by atoms with Crippen LogP contribution in [-0.4, -0.2) is 30.6 Å². The van der Waals surface area contributed by atoms with Gasteiger partial charge in [-0.05, 0) is 18.6 Å². The lowest BCUT2D eigenvalue weighted by atomic mass is 10.2. The number of thioether (sulfide) groups is 1. The number of para-hydroxylation sites is 1. The summed E-state index contributed by atoms with van der Waals surface area (Å²) in [5.41, 5.74) is 1.13. The first-order chi connectivity index (χ1) is 8.74. The second-order valence-corrected chi connectivity index (χ2v) is 4.86. The zero-order valence-electron chi connectivity index (χ0n) is 10.6. The van der Waals surface area contributed by atoms with Gasteiger partial charge in [0.2, 0.25) is 5.91 Å². The van der Waals surface area contributed by atoms with Gasteiger partial charge in [-0.1, -0.05) is 24.3 Å². The van der Waals surface area contributed by atoms with E-state index in [9.17, 15) is 4.79 Å². The highest BCUT2D eigenvalue weighted by Crippen LogP contribution is 2.16. The predicted molar refractivity (Wildman–Crippen MR) is 77.2 cm³/mol. The van der Waals surface area contributed by atoms with Gasteiger partial charge in [0.1, 0.15) is 5.75 Å². The van der Waals surface area contributed by atoms with Crippen molar-refractivity contribution >= 4 is 17.7 Å². The molecule has 0 spiro atoms. The molecule has 0 fully saturated rings. The van der Waals surface area contributed by atoms with Crippen molar-refractivity contribution in [3.8, 4) is 5.75 Å². The number of hydrogen-bond acceptors (Lipinski definition) is 3. The zero-order valence-corrected chi connectivity index (χ0v) is 11.5. The Hall–Kier alpha value is -1.42. The van der Waals surface area contributed by atoms with Gasteiger partial charge in [0, 0.05) is 12.3 Å². The van der Waals surface area contributed by atoms with Crippen LogP contribution in [0, 0.1) is 6.92 Å². The summed E-state index contributed by atoms with van der Waals surface area (Å²) in [7, 11) is 0. The second kappa shape index (κ2) is 8.64. The molecule has 1 rings (SSSR count). The molecule has 4 heteroatoms. The molecule has 98 valence electrons. The van der Waals surface area contributed by atoms with E-state index in [1.165, 1.54) is 0 Å². The summed E-state index contributed by atoms with van der Waals surface area (Å²) >= 11 is 1.57. The lowest BCUT2D eigenvalue weighted by Crippen LogP contribution is -2.25. The molecule has 0 unspecified atom stereocenters. The summed E-state index contributed by atoms with van der Waals surface area (Å²) in [6.07, 6.45) is 1.67. The fraction of sp³-hybridized carbons (Fsp3) is 0.357. The summed E-state index contributed by atoms with van der Waals surface area (Å²) in [6.45, 7) is 6.70. The topological polar surface area (TPSA) is 38.3 Å². The first-order valence-electron chi connectivity index (χ1n) is 5.88. The molecule has 3 nitrogen and oxygen atoms in total. The number of aryl methyl sites for hydroxylation is 1. The van der Waals surface area contributed by atoms with Gasteiger partial charge in [-0.2, -0.15) is 0 Å². The number of hydrogen-bond donors (Lipinski definition) is 1. The van der Waals surface area contributed by atoms with Crippen LogP contribution in [0.25, 0.3) is 0 Å². The lowest BCUT2D eigenvalue weighted by Gasteiger charge is -2.08. The maximum absolute atomic E-state index is 11.3. The van der Waals surface area contributed by atoms with E-state index in [0.717, 1.165) is 17.1 Å². The molecular formula is C14H19NO2S. The molecule has 0 aliphatic carbocycles. The molecule has 0 bridgehead atoms. The number of carbonyl (C=O) groups is 1. The van der Waals surface area contributed by atoms with Crippen LogP contribution >= 0.6 is 11.8 Å². The minimum absolute atomic E-state index is 0.0378. The van der Waals surface area contributed by atoms with Crippen molar-refractivity contribution in [2.24, 2.45) is 0 Å². The standard InChI is InChI=1S/C14H19NO2S/c1-3-8-15-14(16)11-18-10-9-17-13-7-5-4-6-12(13)2/h3-7H,1,8-11H2,2H3,(H,15,16). The van der Waals surface area contributed by atoms with E-state index in [2.05, 4.69) is 11.9 Å². The Morgan fingerprint density at radius 3 is 3.00 bits per heavy atom. The molecule has 0 saturated heterocycles. The number of rotatable bonds is 8. The molecule has 0 aliphatic rings. The maximum Gasteiger partial charge on any atom is 0.230 e. The van der Waals surface area contributed by atoms with Crippen LogP contribution in [0.3, 0.4) is 0 Å². The highest BCUT2D eigenvalue weighted by atomic mass is 32.2. The predicted octanol–water partition coefficient (Wildman–Crippen LogP) is 2.41. The number of benzene rings is 1. The summed E-state index contributed by atoms with van der Waals surface area (Å²) in [6, 6.07) is 7.92. The van der Waals surface area contributed by atoms with Gasteiger partial charge in [-0.15, -0.1) is 18.3 Å². The Morgan fingerprint density at radius 2 is 2.28 bits per heavy atom. The van der Waals surface area contributed by atoms with E-state index in [4.69, 9.17) is 4.74 Å². The first-order valence-corrected chi connectivity index (χ1v) is 7.03. The molecular weight excluding hydrogens is 246 g/mol. The molecule has 0 aromatic heterocycles. The number of amides is 1. The van der Waals surface area contributed by atoms with Gasteiger partial charge in [0.15, 0.2) is 0 Å². The van der Waals surface area contributed by atoms with E-state index >= 15 is 0 Å². The van der Waals surface area contributed by atoms with Gasteiger partial charge in [-0.3, -0.25) is 4.79 Å². The number of ether oxygens (including phenoxy) is 1. The van der Waals surface area contributed by atoms with Crippen molar-refractivity contribution in [1.29, 1.82) is 0 Å². The summed E-state index contributed by atoms with van der Waals surface area (Å²) < 4.78 is 5.63. The largest absolute Gasteiger partial charge is 0.492 e. The van der Waals surface area contributed by atoms with Crippen molar-refractivity contribution in [2.75, 3.05) is 24.7 Å². The second-order valence-electron chi connectivity index (χ2n) is 3.76. The lowest BCUT2D eigenvalue weighted by molar-refractivity contribution is -0.118. The van der Waals surface area contributed by atoms with Crippen molar-refractivity contribution in [3.05, 3.63) is 42.5 Å². The van der Waals surface area contributed by atoms with Gasteiger partial charge >= 0.3 is 0 Å². The Labute approximate surface area is 113 Å². The quantitative estimate of drug-likeness (QED) is 0.579. The smallest absolute Gasteiger partial charge is 0.230 e. The minimum Gasteiger partial charge on any atom is -0.492 e. The average molecular weight is 265 g/mol. The molecule has 0 atom stereocenters. The van der Waals surface area contributed by atoms with Gasteiger partial charge in [0.25, 0.3) is 0 Å². The Bertz CT molecular complexity index is 393. The zero-order chi connectivity index (χ0) is 13.2. The normalized spacial score (nSPS) is 9.83. The Balaban J connectivity index is 2.10. The highest BCUT2D eigenvalue weighted by Gasteiger charge is 2.00.